The lowest BCUT2D eigenvalue weighted by Crippen LogP contribution is -2.47. The summed E-state index contributed by atoms with van der Waals surface area (Å²) in [6.45, 7) is 0.472. The van der Waals surface area contributed by atoms with E-state index < -0.39 is 25.3 Å². The Morgan fingerprint density at radius 2 is 1.85 bits per heavy atom. The third-order valence-corrected chi connectivity index (χ3v) is 6.84. The fourth-order valence-corrected chi connectivity index (χ4v) is 4.82. The molecule has 1 aliphatic rings. The summed E-state index contributed by atoms with van der Waals surface area (Å²) in [6, 6.07) is 8.64. The molecule has 0 saturated carbocycles. The second-order valence-corrected chi connectivity index (χ2v) is 9.36. The first-order valence-corrected chi connectivity index (χ1v) is 12.6. The summed E-state index contributed by atoms with van der Waals surface area (Å²) in [5.74, 6) is -0.518. The number of carbonyl (C=O) groups excluding carboxylic acids is 2. The van der Waals surface area contributed by atoms with Crippen molar-refractivity contribution in [2.24, 2.45) is 7.05 Å². The largest absolute Gasteiger partial charge is 0.497 e. The molecule has 1 saturated heterocycles. The van der Waals surface area contributed by atoms with Gasteiger partial charge in [0.15, 0.2) is 18.1 Å². The van der Waals surface area contributed by atoms with Crippen molar-refractivity contribution in [3.8, 4) is 22.6 Å². The number of aliphatic hydroxyl groups excluding tert-OH is 1. The number of amides is 2. The van der Waals surface area contributed by atoms with Gasteiger partial charge in [-0.3, -0.25) is 9.59 Å². The molecule has 1 fully saturated rings. The van der Waals surface area contributed by atoms with Crippen LogP contribution < -0.4 is 14.8 Å². The number of likely N-dealkylation sites (tertiary alicyclic amines) is 1. The lowest BCUT2D eigenvalue weighted by molar-refractivity contribution is -0.153. The Morgan fingerprint density at radius 1 is 1.18 bits per heavy atom. The number of carbonyl (C=O) groups is 2. The summed E-state index contributed by atoms with van der Waals surface area (Å²) >= 11 is 0. The zero-order valence-electron chi connectivity index (χ0n) is 22.0. The zero-order chi connectivity index (χ0) is 28.3. The molecule has 3 aromatic rings. The van der Waals surface area contributed by atoms with Gasteiger partial charge in [0.05, 0.1) is 18.2 Å². The van der Waals surface area contributed by atoms with Gasteiger partial charge in [-0.05, 0) is 43.0 Å². The molecule has 9 nitrogen and oxygen atoms in total. The number of aliphatic hydroxyl groups is 1. The van der Waals surface area contributed by atoms with Crippen LogP contribution in [-0.4, -0.2) is 77.0 Å². The molecule has 0 unspecified atom stereocenters. The molecule has 210 valence electrons. The summed E-state index contributed by atoms with van der Waals surface area (Å²) < 4.78 is 51.6. The van der Waals surface area contributed by atoms with Crippen molar-refractivity contribution in [3.63, 3.8) is 0 Å². The molecule has 4 rings (SSSR count). The van der Waals surface area contributed by atoms with E-state index in [4.69, 9.17) is 19.6 Å². The van der Waals surface area contributed by atoms with E-state index in [1.165, 1.54) is 9.47 Å². The predicted molar refractivity (Wildman–Crippen MR) is 138 cm³/mol. The van der Waals surface area contributed by atoms with Gasteiger partial charge in [-0.15, -0.1) is 0 Å². The monoisotopic (exact) mass is 548 g/mol. The van der Waals surface area contributed by atoms with Crippen molar-refractivity contribution in [2.45, 2.75) is 38.4 Å². The number of pyridine rings is 1. The zero-order valence-corrected chi connectivity index (χ0v) is 22.0. The molecule has 3 heterocycles. The minimum Gasteiger partial charge on any atom is -0.497 e. The first-order valence-electron chi connectivity index (χ1n) is 12.6. The number of alkyl halides is 3. The second kappa shape index (κ2) is 11.5. The molecule has 0 radical (unpaired) electrons. The first kappa shape index (κ1) is 28.2. The Labute approximate surface area is 223 Å². The summed E-state index contributed by atoms with van der Waals surface area (Å²) in [7, 11) is 3.12. The standard InChI is InChI=1S/C27H31F3N4O5/c1-4-21-19(16-5-7-18(38-3)8-6-16)13-20-24(39-15-27(28,29)30)23(33(2)25(20)32-21)26(37)31-17-9-11-34(12-10-17)22(36)14-35/h5-8,13,17,35H,4,9-12,14-15H2,1-3H3,(H,31,37). The van der Waals surface area contributed by atoms with Crippen LogP contribution in [0, 0.1) is 0 Å². The van der Waals surface area contributed by atoms with Gasteiger partial charge in [0.1, 0.15) is 18.0 Å². The van der Waals surface area contributed by atoms with Crippen LogP contribution in [0.4, 0.5) is 13.2 Å². The van der Waals surface area contributed by atoms with E-state index in [-0.39, 0.29) is 23.4 Å². The molecule has 39 heavy (non-hydrogen) atoms. The molecular formula is C27H31F3N4O5. The molecule has 1 aromatic carbocycles. The highest BCUT2D eigenvalue weighted by Gasteiger charge is 2.33. The van der Waals surface area contributed by atoms with Crippen molar-refractivity contribution in [2.75, 3.05) is 33.4 Å². The third kappa shape index (κ3) is 6.11. The number of methoxy groups -OCH3 is 1. The fourth-order valence-electron chi connectivity index (χ4n) is 4.82. The molecule has 2 amide bonds. The van der Waals surface area contributed by atoms with Gasteiger partial charge in [-0.1, -0.05) is 19.1 Å². The Morgan fingerprint density at radius 3 is 2.41 bits per heavy atom. The average molecular weight is 549 g/mol. The van der Waals surface area contributed by atoms with Crippen LogP contribution >= 0.6 is 0 Å². The summed E-state index contributed by atoms with van der Waals surface area (Å²) in [5.41, 5.74) is 2.48. The van der Waals surface area contributed by atoms with E-state index in [1.54, 1.807) is 32.4 Å². The predicted octanol–water partition coefficient (Wildman–Crippen LogP) is 3.47. The smallest absolute Gasteiger partial charge is 0.422 e. The Hall–Kier alpha value is -3.80. The number of aromatic nitrogens is 2. The van der Waals surface area contributed by atoms with E-state index in [0.29, 0.717) is 60.4 Å². The number of nitrogens with one attached hydrogen (secondary N) is 1. The van der Waals surface area contributed by atoms with Crippen molar-refractivity contribution in [1.29, 1.82) is 0 Å². The summed E-state index contributed by atoms with van der Waals surface area (Å²) in [4.78, 5) is 31.4. The van der Waals surface area contributed by atoms with E-state index >= 15 is 0 Å². The van der Waals surface area contributed by atoms with Gasteiger partial charge in [0, 0.05) is 31.7 Å². The number of benzene rings is 1. The molecule has 0 bridgehead atoms. The maximum Gasteiger partial charge on any atom is 0.422 e. The second-order valence-electron chi connectivity index (χ2n) is 9.36. The molecule has 0 aliphatic carbocycles. The first-order chi connectivity index (χ1) is 18.6. The normalized spacial score (nSPS) is 14.5. The van der Waals surface area contributed by atoms with Crippen molar-refractivity contribution in [1.82, 2.24) is 19.8 Å². The molecule has 2 aromatic heterocycles. The van der Waals surface area contributed by atoms with Crippen LogP contribution in [0.5, 0.6) is 11.5 Å². The number of aryl methyl sites for hydroxylation is 2. The summed E-state index contributed by atoms with van der Waals surface area (Å²) in [6.07, 6.45) is -3.18. The lowest BCUT2D eigenvalue weighted by Gasteiger charge is -2.32. The number of ether oxygens (including phenoxy) is 2. The Kier molecular flexibility index (Phi) is 8.34. The third-order valence-electron chi connectivity index (χ3n) is 6.84. The quantitative estimate of drug-likeness (QED) is 0.447. The molecule has 2 N–H and O–H groups in total. The minimum absolute atomic E-state index is 0.0652. The van der Waals surface area contributed by atoms with Gasteiger partial charge in [0.25, 0.3) is 5.91 Å². The highest BCUT2D eigenvalue weighted by Crippen LogP contribution is 2.37. The number of hydrogen-bond donors (Lipinski definition) is 2. The Balaban J connectivity index is 1.73. The van der Waals surface area contributed by atoms with Crippen LogP contribution in [0.3, 0.4) is 0 Å². The molecule has 1 aliphatic heterocycles. The fraction of sp³-hybridized carbons (Fsp3) is 0.444. The Bertz CT molecular complexity index is 1350. The van der Waals surface area contributed by atoms with E-state index in [1.807, 2.05) is 19.1 Å². The minimum atomic E-state index is -4.61. The van der Waals surface area contributed by atoms with E-state index in [9.17, 15) is 22.8 Å². The molecular weight excluding hydrogens is 517 g/mol. The van der Waals surface area contributed by atoms with Crippen molar-refractivity contribution >= 4 is 22.8 Å². The van der Waals surface area contributed by atoms with Gasteiger partial charge < -0.3 is 29.4 Å². The van der Waals surface area contributed by atoms with Gasteiger partial charge in [-0.2, -0.15) is 13.2 Å². The lowest BCUT2D eigenvalue weighted by atomic mass is 10.0. The van der Waals surface area contributed by atoms with Crippen LogP contribution in [0.2, 0.25) is 0 Å². The SMILES string of the molecule is CCc1nc2c(cc1-c1ccc(OC)cc1)c(OCC(F)(F)F)c(C(=O)NC1CCN(C(=O)CO)CC1)n2C. The maximum absolute atomic E-state index is 13.4. The number of halogens is 3. The molecule has 0 atom stereocenters. The molecule has 0 spiro atoms. The average Bonchev–Trinajstić information content (AvgIpc) is 3.21. The van der Waals surface area contributed by atoms with Crippen molar-refractivity contribution in [3.05, 3.63) is 41.7 Å². The van der Waals surface area contributed by atoms with E-state index in [0.717, 1.165) is 5.56 Å². The number of hydrogen-bond acceptors (Lipinski definition) is 6. The van der Waals surface area contributed by atoms with Gasteiger partial charge >= 0.3 is 6.18 Å². The number of fused-ring (bicyclic) bond motifs is 1. The molecule has 12 heteroatoms. The summed E-state index contributed by atoms with van der Waals surface area (Å²) in [5, 5.41) is 12.2. The highest BCUT2D eigenvalue weighted by molar-refractivity contribution is 6.04. The van der Waals surface area contributed by atoms with E-state index in [2.05, 4.69) is 5.32 Å². The topological polar surface area (TPSA) is 106 Å². The van der Waals surface area contributed by atoms with Gasteiger partial charge in [0.2, 0.25) is 5.91 Å². The highest BCUT2D eigenvalue weighted by atomic mass is 19.4. The van der Waals surface area contributed by atoms with Crippen LogP contribution in [0.25, 0.3) is 22.2 Å². The number of piperidine rings is 1. The van der Waals surface area contributed by atoms with Crippen LogP contribution in [0.1, 0.15) is 35.9 Å². The van der Waals surface area contributed by atoms with Crippen molar-refractivity contribution < 1.29 is 37.3 Å². The number of nitrogens with zero attached hydrogens (tertiary/aromatic N) is 3. The van der Waals surface area contributed by atoms with Crippen LogP contribution in [-0.2, 0) is 18.3 Å². The van der Waals surface area contributed by atoms with Crippen LogP contribution in [0.15, 0.2) is 30.3 Å². The van der Waals surface area contributed by atoms with Gasteiger partial charge in [-0.25, -0.2) is 4.98 Å². The maximum atomic E-state index is 13.4. The number of rotatable bonds is 8.